The molecule has 0 atom stereocenters. The van der Waals surface area contributed by atoms with E-state index in [4.69, 9.17) is 0 Å². The van der Waals surface area contributed by atoms with E-state index in [1.807, 2.05) is 0 Å². The Labute approximate surface area is 207 Å². The summed E-state index contributed by atoms with van der Waals surface area (Å²) in [5.74, 6) is -0.543. The van der Waals surface area contributed by atoms with E-state index >= 15 is 0 Å². The van der Waals surface area contributed by atoms with Crippen molar-refractivity contribution in [2.24, 2.45) is 0 Å². The highest BCUT2D eigenvalue weighted by Crippen LogP contribution is 2.32. The number of phenolic OH excluding ortho intramolecular Hbond substituents is 4. The maximum atomic E-state index is 13.4. The zero-order chi connectivity index (χ0) is 25.7. The van der Waals surface area contributed by atoms with Crippen molar-refractivity contribution >= 4 is 34.6 Å². The Morgan fingerprint density at radius 1 is 0.417 bits per heavy atom. The van der Waals surface area contributed by atoms with Gasteiger partial charge in [-0.3, -0.25) is 19.4 Å². The Kier molecular flexibility index (Phi) is 7.06. The minimum Gasteiger partial charge on any atom is -0.508 e. The van der Waals surface area contributed by atoms with E-state index in [1.165, 1.54) is 58.3 Å². The largest absolute Gasteiger partial charge is 0.508 e. The van der Waals surface area contributed by atoms with Crippen molar-refractivity contribution in [3.05, 3.63) is 97.1 Å². The topological polar surface area (TPSA) is 122 Å². The van der Waals surface area contributed by atoms with Crippen molar-refractivity contribution in [3.63, 3.8) is 0 Å². The Morgan fingerprint density at radius 3 is 0.806 bits per heavy atom. The number of nitrogens with zero attached hydrogens (tertiary/aromatic N) is 2. The minimum absolute atomic E-state index is 0.0467. The van der Waals surface area contributed by atoms with Crippen LogP contribution in [0.2, 0.25) is 0 Å². The van der Waals surface area contributed by atoms with E-state index < -0.39 is 0 Å². The summed E-state index contributed by atoms with van der Waals surface area (Å²) in [5, 5.41) is 38.6. The average molecular weight is 485 g/mol. The Bertz CT molecular complexity index is 1140. The lowest BCUT2D eigenvalue weighted by Gasteiger charge is -2.25. The summed E-state index contributed by atoms with van der Waals surface area (Å²) in [5.41, 5.74) is 1.96. The van der Waals surface area contributed by atoms with Gasteiger partial charge in [-0.25, -0.2) is 0 Å². The molecule has 8 heteroatoms. The van der Waals surface area contributed by atoms with E-state index in [2.05, 4.69) is 0 Å². The maximum absolute atomic E-state index is 13.4. The number of rotatable bonds is 7. The Balaban J connectivity index is 1.59. The van der Waals surface area contributed by atoms with Gasteiger partial charge in [0.05, 0.1) is 0 Å². The first-order valence-electron chi connectivity index (χ1n) is 11.1. The highest BCUT2D eigenvalue weighted by molar-refractivity contribution is 6.05. The smallest absolute Gasteiger partial charge is 0.232 e. The van der Waals surface area contributed by atoms with Crippen LogP contribution in [0, 0.1) is 0 Å². The van der Waals surface area contributed by atoms with Gasteiger partial charge in [0, 0.05) is 35.6 Å². The van der Waals surface area contributed by atoms with Crippen LogP contribution in [0.1, 0.15) is 12.8 Å². The van der Waals surface area contributed by atoms with Crippen molar-refractivity contribution in [2.75, 3.05) is 9.80 Å². The van der Waals surface area contributed by atoms with E-state index in [-0.39, 0.29) is 47.7 Å². The van der Waals surface area contributed by atoms with Gasteiger partial charge in [0.2, 0.25) is 11.8 Å². The molecule has 0 saturated carbocycles. The van der Waals surface area contributed by atoms with Gasteiger partial charge in [0.15, 0.2) is 0 Å². The van der Waals surface area contributed by atoms with Gasteiger partial charge < -0.3 is 20.4 Å². The van der Waals surface area contributed by atoms with Crippen LogP contribution in [0.15, 0.2) is 97.1 Å². The number of hydrogen-bond donors (Lipinski definition) is 4. The number of carbonyl (C=O) groups excluding carboxylic acids is 2. The quantitative estimate of drug-likeness (QED) is 0.282. The molecule has 0 radical (unpaired) electrons. The molecule has 4 rings (SSSR count). The van der Waals surface area contributed by atoms with Crippen molar-refractivity contribution in [1.82, 2.24) is 0 Å². The Morgan fingerprint density at radius 2 is 0.611 bits per heavy atom. The summed E-state index contributed by atoms with van der Waals surface area (Å²) >= 11 is 0. The van der Waals surface area contributed by atoms with Crippen LogP contribution in [0.3, 0.4) is 0 Å². The van der Waals surface area contributed by atoms with Crippen LogP contribution < -0.4 is 9.80 Å². The van der Waals surface area contributed by atoms with Crippen LogP contribution in [0.25, 0.3) is 0 Å². The number of carbonyl (C=O) groups is 2. The summed E-state index contributed by atoms with van der Waals surface area (Å²) < 4.78 is 0. The summed E-state index contributed by atoms with van der Waals surface area (Å²) in [4.78, 5) is 29.6. The predicted octanol–water partition coefficient (Wildman–Crippen LogP) is 5.32. The van der Waals surface area contributed by atoms with Crippen molar-refractivity contribution < 1.29 is 30.0 Å². The molecule has 4 aromatic rings. The van der Waals surface area contributed by atoms with Gasteiger partial charge >= 0.3 is 0 Å². The first-order valence-corrected chi connectivity index (χ1v) is 11.1. The molecule has 0 fully saturated rings. The van der Waals surface area contributed by atoms with E-state index in [0.29, 0.717) is 22.7 Å². The van der Waals surface area contributed by atoms with Crippen molar-refractivity contribution in [1.29, 1.82) is 0 Å². The van der Waals surface area contributed by atoms with Gasteiger partial charge in [-0.2, -0.15) is 0 Å². The van der Waals surface area contributed by atoms with E-state index in [0.717, 1.165) is 0 Å². The van der Waals surface area contributed by atoms with Crippen LogP contribution in [-0.2, 0) is 9.59 Å². The molecular formula is C28H24N2O6. The second-order valence-corrected chi connectivity index (χ2v) is 8.02. The monoisotopic (exact) mass is 484 g/mol. The average Bonchev–Trinajstić information content (AvgIpc) is 2.87. The lowest BCUT2D eigenvalue weighted by molar-refractivity contribution is -0.123. The molecule has 182 valence electrons. The van der Waals surface area contributed by atoms with Gasteiger partial charge in [0.1, 0.15) is 23.0 Å². The zero-order valence-corrected chi connectivity index (χ0v) is 19.2. The number of anilines is 4. The summed E-state index contributed by atoms with van der Waals surface area (Å²) in [6.07, 6.45) is -0.263. The van der Waals surface area contributed by atoms with Gasteiger partial charge in [-0.15, -0.1) is 0 Å². The molecule has 0 aliphatic heterocycles. The maximum Gasteiger partial charge on any atom is 0.232 e. The highest BCUT2D eigenvalue weighted by atomic mass is 16.3. The summed E-state index contributed by atoms with van der Waals surface area (Å²) in [6.45, 7) is 0. The molecule has 0 heterocycles. The molecule has 0 aliphatic rings. The van der Waals surface area contributed by atoms with Crippen molar-refractivity contribution in [3.8, 4) is 23.0 Å². The molecule has 2 amide bonds. The molecule has 0 saturated heterocycles. The number of aromatic hydroxyl groups is 4. The molecule has 4 N–H and O–H groups in total. The minimum atomic E-state index is -0.365. The molecule has 4 aromatic carbocycles. The fourth-order valence-corrected chi connectivity index (χ4v) is 3.72. The fraction of sp³-hybridized carbons (Fsp3) is 0.0714. The fourth-order valence-electron chi connectivity index (χ4n) is 3.72. The number of benzene rings is 4. The molecule has 0 bridgehead atoms. The second-order valence-electron chi connectivity index (χ2n) is 8.02. The first kappa shape index (κ1) is 24.2. The SMILES string of the molecule is O=C(CCC(=O)N(c1ccc(O)cc1)c1ccc(O)cc1)N(c1ccc(O)cc1)c1ccc(O)cc1. The standard InChI is InChI=1S/C28H24N2O6/c31-23-9-1-19(2-10-23)29(20-3-11-24(32)12-4-20)27(35)17-18-28(36)30(21-5-13-25(33)14-6-21)22-7-15-26(34)16-8-22/h1-16,31-34H,17-18H2. The molecule has 36 heavy (non-hydrogen) atoms. The third-order valence-corrected chi connectivity index (χ3v) is 5.48. The zero-order valence-electron chi connectivity index (χ0n) is 19.2. The third kappa shape index (κ3) is 5.56. The second kappa shape index (κ2) is 10.5. The highest BCUT2D eigenvalue weighted by Gasteiger charge is 2.23. The van der Waals surface area contributed by atoms with Crippen LogP contribution in [0.4, 0.5) is 22.7 Å². The lowest BCUT2D eigenvalue weighted by Crippen LogP contribution is -2.30. The van der Waals surface area contributed by atoms with E-state index in [1.54, 1.807) is 48.5 Å². The van der Waals surface area contributed by atoms with Gasteiger partial charge in [0.25, 0.3) is 0 Å². The van der Waals surface area contributed by atoms with Gasteiger partial charge in [-0.05, 0) is 97.1 Å². The molecular weight excluding hydrogens is 460 g/mol. The van der Waals surface area contributed by atoms with Crippen LogP contribution in [-0.4, -0.2) is 32.2 Å². The molecule has 0 spiro atoms. The van der Waals surface area contributed by atoms with Crippen LogP contribution in [0.5, 0.6) is 23.0 Å². The number of phenols is 4. The Hall–Kier alpha value is -4.98. The molecule has 8 nitrogen and oxygen atoms in total. The summed E-state index contributed by atoms with van der Waals surface area (Å²) in [6, 6.07) is 24.3. The van der Waals surface area contributed by atoms with Crippen LogP contribution >= 0.6 is 0 Å². The van der Waals surface area contributed by atoms with E-state index in [9.17, 15) is 30.0 Å². The first-order chi connectivity index (χ1) is 17.3. The molecule has 0 unspecified atom stereocenters. The lowest BCUT2D eigenvalue weighted by atomic mass is 10.1. The normalized spacial score (nSPS) is 10.6. The number of amides is 2. The van der Waals surface area contributed by atoms with Gasteiger partial charge in [-0.1, -0.05) is 0 Å². The molecule has 0 aromatic heterocycles. The third-order valence-electron chi connectivity index (χ3n) is 5.48. The molecule has 0 aliphatic carbocycles. The van der Waals surface area contributed by atoms with Crippen molar-refractivity contribution in [2.45, 2.75) is 12.8 Å². The number of hydrogen-bond acceptors (Lipinski definition) is 6. The summed E-state index contributed by atoms with van der Waals surface area (Å²) in [7, 11) is 0. The predicted molar refractivity (Wildman–Crippen MR) is 136 cm³/mol.